The molecule has 1 unspecified atom stereocenters. The molecule has 1 aromatic carbocycles. The van der Waals surface area contributed by atoms with Gasteiger partial charge in [-0.05, 0) is 24.7 Å². The van der Waals surface area contributed by atoms with E-state index >= 15 is 0 Å². The number of benzene rings is 1. The highest BCUT2D eigenvalue weighted by molar-refractivity contribution is 5.30. The van der Waals surface area contributed by atoms with Crippen LogP contribution in [0.15, 0.2) is 36.7 Å². The Morgan fingerprint density at radius 2 is 2.30 bits per heavy atom. The fourth-order valence-electron chi connectivity index (χ4n) is 2.12. The number of aliphatic hydroxyl groups is 1. The van der Waals surface area contributed by atoms with Gasteiger partial charge in [0.2, 0.25) is 0 Å². The lowest BCUT2D eigenvalue weighted by Gasteiger charge is -2.20. The van der Waals surface area contributed by atoms with Crippen molar-refractivity contribution in [3.8, 4) is 0 Å². The molecule has 0 fully saturated rings. The minimum absolute atomic E-state index is 0.247. The predicted molar refractivity (Wildman–Crippen MR) is 75.4 cm³/mol. The topological polar surface area (TPSA) is 67.3 Å². The van der Waals surface area contributed by atoms with E-state index in [1.807, 2.05) is 18.0 Å². The first-order chi connectivity index (χ1) is 9.52. The molecule has 1 aromatic heterocycles. The van der Waals surface area contributed by atoms with Gasteiger partial charge in [0, 0.05) is 19.3 Å². The lowest BCUT2D eigenvalue weighted by atomic mass is 10.2. The molecule has 5 nitrogen and oxygen atoms in total. The van der Waals surface area contributed by atoms with Gasteiger partial charge in [-0.15, -0.1) is 0 Å². The highest BCUT2D eigenvalue weighted by Crippen LogP contribution is 2.07. The van der Waals surface area contributed by atoms with Gasteiger partial charge in [0.15, 0.2) is 0 Å². The maximum atomic E-state index is 13.1. The number of halogens is 1. The normalized spacial score (nSPS) is 12.8. The first-order valence-electron chi connectivity index (χ1n) is 6.42. The van der Waals surface area contributed by atoms with Crippen molar-refractivity contribution in [2.45, 2.75) is 19.2 Å². The first kappa shape index (κ1) is 14.5. The molecule has 2 aromatic rings. The number of aromatic nitrogens is 2. The van der Waals surface area contributed by atoms with E-state index in [2.05, 4.69) is 5.10 Å². The van der Waals surface area contributed by atoms with Gasteiger partial charge < -0.3 is 10.8 Å². The van der Waals surface area contributed by atoms with Crippen LogP contribution in [0.1, 0.15) is 5.56 Å². The first-order valence-corrected chi connectivity index (χ1v) is 6.42. The van der Waals surface area contributed by atoms with E-state index in [1.54, 1.807) is 23.1 Å². The number of rotatable bonds is 6. The molecule has 0 bridgehead atoms. The van der Waals surface area contributed by atoms with Crippen molar-refractivity contribution in [3.63, 3.8) is 0 Å². The fraction of sp³-hybridized carbons (Fsp3) is 0.357. The Morgan fingerprint density at radius 3 is 2.95 bits per heavy atom. The van der Waals surface area contributed by atoms with E-state index in [9.17, 15) is 9.50 Å². The summed E-state index contributed by atoms with van der Waals surface area (Å²) in [6, 6.07) is 6.46. The maximum absolute atomic E-state index is 13.1. The molecule has 0 aliphatic heterocycles. The van der Waals surface area contributed by atoms with Gasteiger partial charge in [-0.3, -0.25) is 9.58 Å². The summed E-state index contributed by atoms with van der Waals surface area (Å²) in [5.41, 5.74) is 7.01. The van der Waals surface area contributed by atoms with Gasteiger partial charge in [0.05, 0.1) is 24.5 Å². The zero-order valence-corrected chi connectivity index (χ0v) is 11.4. The fourth-order valence-corrected chi connectivity index (χ4v) is 2.12. The molecule has 20 heavy (non-hydrogen) atoms. The van der Waals surface area contributed by atoms with Gasteiger partial charge in [0.1, 0.15) is 5.82 Å². The highest BCUT2D eigenvalue weighted by atomic mass is 19.1. The van der Waals surface area contributed by atoms with Crippen molar-refractivity contribution in [2.75, 3.05) is 19.3 Å². The monoisotopic (exact) mass is 278 g/mol. The average molecular weight is 278 g/mol. The molecule has 1 atom stereocenters. The molecule has 0 amide bonds. The largest absolute Gasteiger partial charge is 0.396 e. The van der Waals surface area contributed by atoms with Crippen LogP contribution < -0.4 is 5.73 Å². The minimum Gasteiger partial charge on any atom is -0.396 e. The van der Waals surface area contributed by atoms with Crippen LogP contribution >= 0.6 is 0 Å². The second-order valence-corrected chi connectivity index (χ2v) is 4.98. The van der Waals surface area contributed by atoms with Crippen LogP contribution in [0, 0.1) is 5.82 Å². The molecule has 2 rings (SSSR count). The Morgan fingerprint density at radius 1 is 1.50 bits per heavy atom. The standard InChI is InChI=1S/C14H19FN4O/c1-18(7-11-3-2-4-12(15)5-11)9-14(20)10-19-8-13(16)6-17-19/h2-6,8,14,20H,7,9-10,16H2,1H3. The van der Waals surface area contributed by atoms with E-state index in [1.165, 1.54) is 12.1 Å². The van der Waals surface area contributed by atoms with E-state index in [0.717, 1.165) is 5.56 Å². The average Bonchev–Trinajstić information content (AvgIpc) is 2.74. The summed E-state index contributed by atoms with van der Waals surface area (Å²) in [5, 5.41) is 14.0. The summed E-state index contributed by atoms with van der Waals surface area (Å²) in [7, 11) is 1.88. The third-order valence-electron chi connectivity index (χ3n) is 2.91. The molecule has 3 N–H and O–H groups in total. The van der Waals surface area contributed by atoms with E-state index in [4.69, 9.17) is 5.73 Å². The number of hydrogen-bond acceptors (Lipinski definition) is 4. The number of nitrogen functional groups attached to an aromatic ring is 1. The molecule has 0 aliphatic carbocycles. The summed E-state index contributed by atoms with van der Waals surface area (Å²) in [4.78, 5) is 1.94. The van der Waals surface area contributed by atoms with Crippen LogP contribution in [0.2, 0.25) is 0 Å². The van der Waals surface area contributed by atoms with Crippen molar-refractivity contribution in [3.05, 3.63) is 48.0 Å². The molecular formula is C14H19FN4O. The number of nitrogens with zero attached hydrogens (tertiary/aromatic N) is 3. The molecule has 0 saturated heterocycles. The van der Waals surface area contributed by atoms with Crippen LogP contribution in [0.3, 0.4) is 0 Å². The summed E-state index contributed by atoms with van der Waals surface area (Å²) >= 11 is 0. The Labute approximate surface area is 117 Å². The molecule has 0 saturated carbocycles. The SMILES string of the molecule is CN(Cc1cccc(F)c1)CC(O)Cn1cc(N)cn1. The second-order valence-electron chi connectivity index (χ2n) is 4.98. The summed E-state index contributed by atoms with van der Waals surface area (Å²) in [6.07, 6.45) is 2.66. The molecule has 0 aliphatic rings. The molecular weight excluding hydrogens is 259 g/mol. The Kier molecular flexibility index (Phi) is 4.70. The zero-order valence-electron chi connectivity index (χ0n) is 11.4. The number of likely N-dealkylation sites (N-methyl/N-ethyl adjacent to an activating group) is 1. The van der Waals surface area contributed by atoms with Crippen molar-refractivity contribution in [1.29, 1.82) is 0 Å². The maximum Gasteiger partial charge on any atom is 0.123 e. The smallest absolute Gasteiger partial charge is 0.123 e. The third-order valence-corrected chi connectivity index (χ3v) is 2.91. The van der Waals surface area contributed by atoms with Gasteiger partial charge in [-0.2, -0.15) is 5.10 Å². The van der Waals surface area contributed by atoms with Crippen molar-refractivity contribution >= 4 is 5.69 Å². The van der Waals surface area contributed by atoms with E-state index in [-0.39, 0.29) is 5.82 Å². The van der Waals surface area contributed by atoms with Gasteiger partial charge in [-0.1, -0.05) is 12.1 Å². The lowest BCUT2D eigenvalue weighted by molar-refractivity contribution is 0.104. The number of aliphatic hydroxyl groups excluding tert-OH is 1. The third kappa shape index (κ3) is 4.32. The molecule has 0 spiro atoms. The molecule has 0 radical (unpaired) electrons. The van der Waals surface area contributed by atoms with Crippen molar-refractivity contribution < 1.29 is 9.50 Å². The van der Waals surface area contributed by atoms with E-state index in [0.29, 0.717) is 25.3 Å². The van der Waals surface area contributed by atoms with Crippen LogP contribution in [-0.4, -0.2) is 39.5 Å². The summed E-state index contributed by atoms with van der Waals surface area (Å²) in [6.45, 7) is 1.43. The van der Waals surface area contributed by atoms with Crippen molar-refractivity contribution in [2.24, 2.45) is 0 Å². The van der Waals surface area contributed by atoms with Gasteiger partial charge in [-0.25, -0.2) is 4.39 Å². The van der Waals surface area contributed by atoms with Crippen LogP contribution in [0.5, 0.6) is 0 Å². The molecule has 108 valence electrons. The zero-order chi connectivity index (χ0) is 14.5. The predicted octanol–water partition coefficient (Wildman–Crippen LogP) is 1.10. The van der Waals surface area contributed by atoms with E-state index < -0.39 is 6.10 Å². The van der Waals surface area contributed by atoms with Gasteiger partial charge >= 0.3 is 0 Å². The Hall–Kier alpha value is -1.92. The summed E-state index contributed by atoms with van der Waals surface area (Å²) < 4.78 is 14.7. The van der Waals surface area contributed by atoms with Crippen molar-refractivity contribution in [1.82, 2.24) is 14.7 Å². The van der Waals surface area contributed by atoms with Gasteiger partial charge in [0.25, 0.3) is 0 Å². The lowest BCUT2D eigenvalue weighted by Crippen LogP contribution is -2.31. The second kappa shape index (κ2) is 6.49. The van der Waals surface area contributed by atoms with Crippen LogP contribution in [-0.2, 0) is 13.1 Å². The summed E-state index contributed by atoms with van der Waals surface area (Å²) in [5.74, 6) is -0.247. The van der Waals surface area contributed by atoms with Crippen LogP contribution in [0.4, 0.5) is 10.1 Å². The van der Waals surface area contributed by atoms with Crippen LogP contribution in [0.25, 0.3) is 0 Å². The quantitative estimate of drug-likeness (QED) is 0.830. The number of nitrogens with two attached hydrogens (primary N) is 1. The Bertz CT molecular complexity index is 558. The highest BCUT2D eigenvalue weighted by Gasteiger charge is 2.10. The molecule has 6 heteroatoms. The number of anilines is 1. The Balaban J connectivity index is 1.83. The minimum atomic E-state index is -0.562. The molecule has 1 heterocycles. The number of hydrogen-bond donors (Lipinski definition) is 2.